The minimum atomic E-state index is -2.42. The Morgan fingerprint density at radius 2 is 2.25 bits per heavy atom. The standard InChI is InChI=1S/C9H12BrF2N3O/c1-6-14-7(10)4-9(15-6)13-2-3-16-5-8(11)12/h4,8H,2-3,5H2,1H3,(H,13,14,15). The minimum absolute atomic E-state index is 0.213. The third-order valence-corrected chi connectivity index (χ3v) is 2.01. The van der Waals surface area contributed by atoms with Gasteiger partial charge in [-0.1, -0.05) is 0 Å². The molecular weight excluding hydrogens is 284 g/mol. The van der Waals surface area contributed by atoms with Crippen LogP contribution in [-0.2, 0) is 4.74 Å². The van der Waals surface area contributed by atoms with Gasteiger partial charge in [-0.2, -0.15) is 0 Å². The minimum Gasteiger partial charge on any atom is -0.374 e. The van der Waals surface area contributed by atoms with Gasteiger partial charge in [0, 0.05) is 12.6 Å². The Morgan fingerprint density at radius 1 is 1.50 bits per heavy atom. The summed E-state index contributed by atoms with van der Waals surface area (Å²) in [7, 11) is 0. The van der Waals surface area contributed by atoms with Crippen molar-refractivity contribution in [3.63, 3.8) is 0 Å². The molecule has 1 rings (SSSR count). The quantitative estimate of drug-likeness (QED) is 0.646. The molecule has 0 saturated carbocycles. The van der Waals surface area contributed by atoms with E-state index in [1.165, 1.54) is 0 Å². The Bertz CT molecular complexity index is 318. The van der Waals surface area contributed by atoms with Crippen molar-refractivity contribution in [2.24, 2.45) is 0 Å². The fourth-order valence-electron chi connectivity index (χ4n) is 1.05. The molecule has 0 aliphatic rings. The second-order valence-corrected chi connectivity index (χ2v) is 3.83. The Morgan fingerprint density at radius 3 is 2.88 bits per heavy atom. The number of halogens is 3. The number of hydrogen-bond acceptors (Lipinski definition) is 4. The van der Waals surface area contributed by atoms with Crippen molar-refractivity contribution in [2.45, 2.75) is 13.3 Å². The van der Waals surface area contributed by atoms with Gasteiger partial charge >= 0.3 is 0 Å². The van der Waals surface area contributed by atoms with Crippen molar-refractivity contribution in [1.82, 2.24) is 9.97 Å². The topological polar surface area (TPSA) is 47.0 Å². The van der Waals surface area contributed by atoms with Crippen molar-refractivity contribution < 1.29 is 13.5 Å². The summed E-state index contributed by atoms with van der Waals surface area (Å²) in [5, 5.41) is 2.95. The Hall–Kier alpha value is -0.820. The average Bonchev–Trinajstić information content (AvgIpc) is 2.15. The van der Waals surface area contributed by atoms with Gasteiger partial charge in [0.25, 0.3) is 6.43 Å². The first-order chi connectivity index (χ1) is 7.58. The molecule has 0 saturated heterocycles. The van der Waals surface area contributed by atoms with Crippen molar-refractivity contribution >= 4 is 21.7 Å². The zero-order valence-corrected chi connectivity index (χ0v) is 10.3. The maximum absolute atomic E-state index is 11.7. The molecule has 1 N–H and O–H groups in total. The van der Waals surface area contributed by atoms with Crippen molar-refractivity contribution in [2.75, 3.05) is 25.1 Å². The fraction of sp³-hybridized carbons (Fsp3) is 0.556. The smallest absolute Gasteiger partial charge is 0.261 e. The van der Waals surface area contributed by atoms with Crippen LogP contribution < -0.4 is 5.32 Å². The number of hydrogen-bond donors (Lipinski definition) is 1. The molecule has 0 unspecified atom stereocenters. The summed E-state index contributed by atoms with van der Waals surface area (Å²) < 4.78 is 28.8. The number of nitrogens with one attached hydrogen (secondary N) is 1. The third-order valence-electron chi connectivity index (χ3n) is 1.60. The lowest BCUT2D eigenvalue weighted by Gasteiger charge is -2.07. The Kier molecular flexibility index (Phi) is 5.54. The second-order valence-electron chi connectivity index (χ2n) is 3.02. The van der Waals surface area contributed by atoms with Gasteiger partial charge in [-0.05, 0) is 22.9 Å². The van der Waals surface area contributed by atoms with E-state index in [9.17, 15) is 8.78 Å². The summed E-state index contributed by atoms with van der Waals surface area (Å²) in [6, 6.07) is 1.71. The number of ether oxygens (including phenoxy) is 1. The van der Waals surface area contributed by atoms with E-state index < -0.39 is 13.0 Å². The molecular formula is C9H12BrF2N3O. The lowest BCUT2D eigenvalue weighted by molar-refractivity contribution is 0.0215. The largest absolute Gasteiger partial charge is 0.374 e. The molecule has 0 spiro atoms. The molecule has 0 atom stereocenters. The van der Waals surface area contributed by atoms with Crippen LogP contribution in [0, 0.1) is 6.92 Å². The number of alkyl halides is 2. The van der Waals surface area contributed by atoms with Gasteiger partial charge in [0.05, 0.1) is 6.61 Å². The maximum Gasteiger partial charge on any atom is 0.261 e. The maximum atomic E-state index is 11.7. The van der Waals surface area contributed by atoms with E-state index in [2.05, 4.69) is 31.2 Å². The van der Waals surface area contributed by atoms with E-state index in [1.54, 1.807) is 13.0 Å². The highest BCUT2D eigenvalue weighted by Gasteiger charge is 2.02. The first-order valence-electron chi connectivity index (χ1n) is 4.69. The predicted molar refractivity (Wildman–Crippen MR) is 59.8 cm³/mol. The highest BCUT2D eigenvalue weighted by molar-refractivity contribution is 9.10. The van der Waals surface area contributed by atoms with Crippen molar-refractivity contribution in [3.05, 3.63) is 16.5 Å². The highest BCUT2D eigenvalue weighted by atomic mass is 79.9. The number of rotatable bonds is 6. The van der Waals surface area contributed by atoms with E-state index in [1.807, 2.05) is 0 Å². The van der Waals surface area contributed by atoms with E-state index in [4.69, 9.17) is 4.74 Å². The van der Waals surface area contributed by atoms with Gasteiger partial charge in [0.2, 0.25) is 0 Å². The molecule has 0 amide bonds. The van der Waals surface area contributed by atoms with Crippen LogP contribution in [0.3, 0.4) is 0 Å². The molecule has 7 heteroatoms. The van der Waals surface area contributed by atoms with Crippen LogP contribution in [0.25, 0.3) is 0 Å². The SMILES string of the molecule is Cc1nc(Br)cc(NCCOCC(F)F)n1. The van der Waals surface area contributed by atoms with Crippen LogP contribution in [0.5, 0.6) is 0 Å². The molecule has 0 bridgehead atoms. The molecule has 0 aromatic carbocycles. The summed E-state index contributed by atoms with van der Waals surface area (Å²) in [6.07, 6.45) is -2.42. The average molecular weight is 296 g/mol. The first kappa shape index (κ1) is 13.2. The molecule has 1 aromatic heterocycles. The van der Waals surface area contributed by atoms with Gasteiger partial charge in [0.15, 0.2) is 0 Å². The Balaban J connectivity index is 2.26. The normalized spacial score (nSPS) is 10.8. The van der Waals surface area contributed by atoms with Crippen LogP contribution in [0.1, 0.15) is 5.82 Å². The molecule has 90 valence electrons. The summed E-state index contributed by atoms with van der Waals surface area (Å²) in [6.45, 7) is 1.87. The van der Waals surface area contributed by atoms with Crippen LogP contribution >= 0.6 is 15.9 Å². The summed E-state index contributed by atoms with van der Waals surface area (Å²) in [5.41, 5.74) is 0. The number of aryl methyl sites for hydroxylation is 1. The first-order valence-corrected chi connectivity index (χ1v) is 5.48. The number of aromatic nitrogens is 2. The van der Waals surface area contributed by atoms with Gasteiger partial charge in [-0.25, -0.2) is 18.7 Å². The van der Waals surface area contributed by atoms with E-state index in [0.29, 0.717) is 22.8 Å². The predicted octanol–water partition coefficient (Wildman–Crippen LogP) is 2.24. The third kappa shape index (κ3) is 5.32. The lowest BCUT2D eigenvalue weighted by Crippen LogP contribution is -2.14. The van der Waals surface area contributed by atoms with Gasteiger partial charge in [-0.15, -0.1) is 0 Å². The molecule has 1 aromatic rings. The van der Waals surface area contributed by atoms with Gasteiger partial charge < -0.3 is 10.1 Å². The van der Waals surface area contributed by atoms with Crippen molar-refractivity contribution in [3.8, 4) is 0 Å². The highest BCUT2D eigenvalue weighted by Crippen LogP contribution is 2.11. The zero-order chi connectivity index (χ0) is 12.0. The summed E-state index contributed by atoms with van der Waals surface area (Å²) in [5.74, 6) is 1.27. The molecule has 0 radical (unpaired) electrons. The molecule has 16 heavy (non-hydrogen) atoms. The van der Waals surface area contributed by atoms with Crippen molar-refractivity contribution in [1.29, 1.82) is 0 Å². The fourth-order valence-corrected chi connectivity index (χ4v) is 1.52. The molecule has 4 nitrogen and oxygen atoms in total. The van der Waals surface area contributed by atoms with Gasteiger partial charge in [-0.3, -0.25) is 0 Å². The van der Waals surface area contributed by atoms with E-state index in [0.717, 1.165) is 0 Å². The van der Waals surface area contributed by atoms with Crippen LogP contribution in [0.4, 0.5) is 14.6 Å². The van der Waals surface area contributed by atoms with E-state index in [-0.39, 0.29) is 6.61 Å². The summed E-state index contributed by atoms with van der Waals surface area (Å²) >= 11 is 3.23. The van der Waals surface area contributed by atoms with E-state index >= 15 is 0 Å². The molecule has 0 aliphatic heterocycles. The zero-order valence-electron chi connectivity index (χ0n) is 8.71. The lowest BCUT2D eigenvalue weighted by atomic mass is 10.5. The van der Waals surface area contributed by atoms with Crippen LogP contribution in [0.15, 0.2) is 10.7 Å². The van der Waals surface area contributed by atoms with Gasteiger partial charge in [0.1, 0.15) is 22.9 Å². The number of anilines is 1. The summed E-state index contributed by atoms with van der Waals surface area (Å²) in [4.78, 5) is 8.15. The molecule has 0 fully saturated rings. The second kappa shape index (κ2) is 6.70. The Labute approximate surface area is 101 Å². The molecule has 0 aliphatic carbocycles. The number of nitrogens with zero attached hydrogens (tertiary/aromatic N) is 2. The van der Waals surface area contributed by atoms with Crippen LogP contribution in [-0.4, -0.2) is 36.2 Å². The van der Waals surface area contributed by atoms with Crippen LogP contribution in [0.2, 0.25) is 0 Å². The molecule has 1 heterocycles. The monoisotopic (exact) mass is 295 g/mol.